The highest BCUT2D eigenvalue weighted by Gasteiger charge is 2.18. The summed E-state index contributed by atoms with van der Waals surface area (Å²) in [4.78, 5) is 17.0. The van der Waals surface area contributed by atoms with Gasteiger partial charge in [-0.15, -0.1) is 10.2 Å². The summed E-state index contributed by atoms with van der Waals surface area (Å²) in [5.74, 6) is -0.280. The van der Waals surface area contributed by atoms with Gasteiger partial charge in [-0.25, -0.2) is 8.78 Å². The van der Waals surface area contributed by atoms with Crippen LogP contribution in [0.3, 0.4) is 0 Å². The predicted octanol–water partition coefficient (Wildman–Crippen LogP) is 6.15. The van der Waals surface area contributed by atoms with Crippen LogP contribution in [0.4, 0.5) is 14.5 Å². The Morgan fingerprint density at radius 2 is 1.58 bits per heavy atom. The number of hydrogen-bond donors (Lipinski definition) is 1. The molecule has 0 bridgehead atoms. The van der Waals surface area contributed by atoms with E-state index in [2.05, 4.69) is 20.5 Å². The van der Waals surface area contributed by atoms with Crippen LogP contribution < -0.4 is 5.32 Å². The van der Waals surface area contributed by atoms with Gasteiger partial charge in [-0.3, -0.25) is 14.3 Å². The fourth-order valence-electron chi connectivity index (χ4n) is 3.64. The van der Waals surface area contributed by atoms with Crippen molar-refractivity contribution in [2.24, 2.45) is 0 Å². The molecule has 0 spiro atoms. The van der Waals surface area contributed by atoms with Gasteiger partial charge in [0.05, 0.1) is 5.69 Å². The van der Waals surface area contributed by atoms with E-state index in [9.17, 15) is 13.6 Å². The van der Waals surface area contributed by atoms with Crippen LogP contribution in [0.5, 0.6) is 0 Å². The number of carbonyl (C=O) groups is 1. The molecule has 36 heavy (non-hydrogen) atoms. The molecule has 0 aliphatic heterocycles. The molecule has 1 amide bonds. The third kappa shape index (κ3) is 5.01. The van der Waals surface area contributed by atoms with E-state index in [1.165, 1.54) is 36.0 Å². The summed E-state index contributed by atoms with van der Waals surface area (Å²) < 4.78 is 29.5. The summed E-state index contributed by atoms with van der Waals surface area (Å²) in [6, 6.07) is 22.9. The molecule has 9 heteroatoms. The summed E-state index contributed by atoms with van der Waals surface area (Å²) in [7, 11) is 0. The Morgan fingerprint density at radius 1 is 0.861 bits per heavy atom. The average molecular weight is 500 g/mol. The maximum atomic E-state index is 14.0. The molecule has 0 unspecified atom stereocenters. The van der Waals surface area contributed by atoms with Crippen LogP contribution in [0.15, 0.2) is 102 Å². The van der Waals surface area contributed by atoms with Crippen LogP contribution in [0.2, 0.25) is 0 Å². The monoisotopic (exact) mass is 499 g/mol. The SMILES string of the molecule is O=C(Nc1ccccc1F)c1ccccc1CSc1nnc(-c2ccncc2)n1-c1ccc(F)cc1. The molecule has 178 valence electrons. The number of thioether (sulfide) groups is 1. The smallest absolute Gasteiger partial charge is 0.256 e. The number of anilines is 1. The Balaban J connectivity index is 1.44. The van der Waals surface area contributed by atoms with E-state index in [4.69, 9.17) is 0 Å². The van der Waals surface area contributed by atoms with E-state index in [1.807, 2.05) is 28.8 Å². The molecule has 1 N–H and O–H groups in total. The number of nitrogens with zero attached hydrogens (tertiary/aromatic N) is 4. The fourth-order valence-corrected chi connectivity index (χ4v) is 4.59. The Hall–Kier alpha value is -4.37. The molecule has 2 heterocycles. The maximum Gasteiger partial charge on any atom is 0.256 e. The topological polar surface area (TPSA) is 72.7 Å². The van der Waals surface area contributed by atoms with Gasteiger partial charge in [0, 0.05) is 35.0 Å². The van der Waals surface area contributed by atoms with Crippen molar-refractivity contribution in [3.63, 3.8) is 0 Å². The van der Waals surface area contributed by atoms with Crippen molar-refractivity contribution in [1.29, 1.82) is 0 Å². The summed E-state index contributed by atoms with van der Waals surface area (Å²) in [6.07, 6.45) is 3.33. The number of rotatable bonds is 7. The second-order valence-corrected chi connectivity index (χ2v) is 8.68. The first-order chi connectivity index (χ1) is 17.6. The lowest BCUT2D eigenvalue weighted by atomic mass is 10.1. The lowest BCUT2D eigenvalue weighted by Crippen LogP contribution is -2.15. The van der Waals surface area contributed by atoms with Gasteiger partial charge in [-0.05, 0) is 60.2 Å². The first kappa shape index (κ1) is 23.4. The molecule has 0 saturated carbocycles. The highest BCUT2D eigenvalue weighted by atomic mass is 32.2. The van der Waals surface area contributed by atoms with E-state index in [0.29, 0.717) is 28.0 Å². The number of carbonyl (C=O) groups excluding carboxylic acids is 1. The summed E-state index contributed by atoms with van der Waals surface area (Å²) in [5, 5.41) is 11.9. The summed E-state index contributed by atoms with van der Waals surface area (Å²) in [5.41, 5.74) is 2.79. The molecule has 0 aliphatic rings. The zero-order valence-electron chi connectivity index (χ0n) is 18.8. The molecule has 0 radical (unpaired) electrons. The number of pyridine rings is 1. The third-order valence-electron chi connectivity index (χ3n) is 5.40. The van der Waals surface area contributed by atoms with Crippen molar-refractivity contribution in [1.82, 2.24) is 19.7 Å². The number of amides is 1. The minimum atomic E-state index is -0.506. The van der Waals surface area contributed by atoms with E-state index in [0.717, 1.165) is 11.1 Å². The molecule has 0 fully saturated rings. The van der Waals surface area contributed by atoms with E-state index in [-0.39, 0.29) is 11.5 Å². The van der Waals surface area contributed by atoms with Gasteiger partial charge in [0.2, 0.25) is 0 Å². The number of aromatic nitrogens is 4. The van der Waals surface area contributed by atoms with Crippen molar-refractivity contribution in [3.05, 3.63) is 120 Å². The van der Waals surface area contributed by atoms with Gasteiger partial charge in [-0.2, -0.15) is 0 Å². The second kappa shape index (κ2) is 10.5. The number of benzene rings is 3. The predicted molar refractivity (Wildman–Crippen MR) is 135 cm³/mol. The van der Waals surface area contributed by atoms with Crippen molar-refractivity contribution in [2.45, 2.75) is 10.9 Å². The van der Waals surface area contributed by atoms with Crippen LogP contribution in [-0.4, -0.2) is 25.7 Å². The highest BCUT2D eigenvalue weighted by Crippen LogP contribution is 2.30. The van der Waals surface area contributed by atoms with E-state index >= 15 is 0 Å². The second-order valence-electron chi connectivity index (χ2n) is 7.73. The van der Waals surface area contributed by atoms with Gasteiger partial charge < -0.3 is 5.32 Å². The Bertz CT molecular complexity index is 1510. The van der Waals surface area contributed by atoms with Crippen molar-refractivity contribution >= 4 is 23.4 Å². The molecule has 3 aromatic carbocycles. The number of hydrogen-bond acceptors (Lipinski definition) is 5. The van der Waals surface area contributed by atoms with Gasteiger partial charge in [0.1, 0.15) is 11.6 Å². The van der Waals surface area contributed by atoms with Gasteiger partial charge in [0.25, 0.3) is 5.91 Å². The molecule has 0 atom stereocenters. The molecule has 5 aromatic rings. The Kier molecular flexibility index (Phi) is 6.81. The molecular formula is C27H19F2N5OS. The van der Waals surface area contributed by atoms with Crippen LogP contribution in [-0.2, 0) is 5.75 Å². The zero-order valence-corrected chi connectivity index (χ0v) is 19.6. The number of para-hydroxylation sites is 1. The Labute approximate surface area is 210 Å². The maximum absolute atomic E-state index is 14.0. The summed E-state index contributed by atoms with van der Waals surface area (Å²) in [6.45, 7) is 0. The first-order valence-electron chi connectivity index (χ1n) is 11.0. The van der Waals surface area contributed by atoms with Crippen molar-refractivity contribution < 1.29 is 13.6 Å². The van der Waals surface area contributed by atoms with Crippen LogP contribution in [0, 0.1) is 11.6 Å². The number of halogens is 2. The number of nitrogens with one attached hydrogen (secondary N) is 1. The molecule has 0 aliphatic carbocycles. The molecule has 0 saturated heterocycles. The van der Waals surface area contributed by atoms with Crippen LogP contribution in [0.1, 0.15) is 15.9 Å². The summed E-state index contributed by atoms with van der Waals surface area (Å²) >= 11 is 1.38. The van der Waals surface area contributed by atoms with Gasteiger partial charge in [0.15, 0.2) is 11.0 Å². The third-order valence-corrected chi connectivity index (χ3v) is 6.38. The van der Waals surface area contributed by atoms with Crippen LogP contribution >= 0.6 is 11.8 Å². The highest BCUT2D eigenvalue weighted by molar-refractivity contribution is 7.98. The zero-order chi connectivity index (χ0) is 24.9. The lowest BCUT2D eigenvalue weighted by molar-refractivity contribution is 0.102. The van der Waals surface area contributed by atoms with Gasteiger partial charge in [-0.1, -0.05) is 42.1 Å². The molecule has 5 rings (SSSR count). The van der Waals surface area contributed by atoms with Crippen LogP contribution in [0.25, 0.3) is 17.1 Å². The minimum Gasteiger partial charge on any atom is -0.319 e. The largest absolute Gasteiger partial charge is 0.319 e. The quantitative estimate of drug-likeness (QED) is 0.272. The molecule has 2 aromatic heterocycles. The molecule has 6 nitrogen and oxygen atoms in total. The first-order valence-corrected chi connectivity index (χ1v) is 12.0. The fraction of sp³-hybridized carbons (Fsp3) is 0.0370. The molecular weight excluding hydrogens is 480 g/mol. The standard InChI is InChI=1S/C27H19F2N5OS/c28-20-9-11-21(12-10-20)34-25(18-13-15-30-16-14-18)32-33-27(34)36-17-19-5-1-2-6-22(19)26(35)31-24-8-4-3-7-23(24)29/h1-16H,17H2,(H,31,35). The van der Waals surface area contributed by atoms with E-state index in [1.54, 1.807) is 48.8 Å². The lowest BCUT2D eigenvalue weighted by Gasteiger charge is -2.12. The Morgan fingerprint density at radius 3 is 2.36 bits per heavy atom. The van der Waals surface area contributed by atoms with Crippen molar-refractivity contribution in [2.75, 3.05) is 5.32 Å². The van der Waals surface area contributed by atoms with Gasteiger partial charge >= 0.3 is 0 Å². The minimum absolute atomic E-state index is 0.114. The van der Waals surface area contributed by atoms with E-state index < -0.39 is 11.7 Å². The van der Waals surface area contributed by atoms with Crippen molar-refractivity contribution in [3.8, 4) is 17.1 Å². The normalized spacial score (nSPS) is 10.8. The average Bonchev–Trinajstić information content (AvgIpc) is 3.34.